The maximum atomic E-state index is 5.66. The first-order valence-electron chi connectivity index (χ1n) is 5.19. The molecule has 0 saturated carbocycles. The number of aromatic amines is 1. The first kappa shape index (κ1) is 10.5. The minimum atomic E-state index is 0.318. The number of halogens is 1. The molecule has 2 aromatic heterocycles. The van der Waals surface area contributed by atoms with Crippen LogP contribution in [0.25, 0.3) is 0 Å². The zero-order valence-electron chi connectivity index (χ0n) is 8.57. The maximum absolute atomic E-state index is 5.66. The highest BCUT2D eigenvalue weighted by Crippen LogP contribution is 2.37. The Morgan fingerprint density at radius 1 is 1.56 bits per heavy atom. The summed E-state index contributed by atoms with van der Waals surface area (Å²) >= 11 is 5.37. The summed E-state index contributed by atoms with van der Waals surface area (Å²) in [4.78, 5) is 1.43. The topological polar surface area (TPSA) is 37.9 Å². The average molecular weight is 299 g/mol. The van der Waals surface area contributed by atoms with Crippen LogP contribution in [-0.2, 0) is 11.2 Å². The van der Waals surface area contributed by atoms with Gasteiger partial charge in [-0.05, 0) is 33.1 Å². The van der Waals surface area contributed by atoms with E-state index in [-0.39, 0.29) is 0 Å². The number of aromatic nitrogens is 2. The van der Waals surface area contributed by atoms with E-state index >= 15 is 0 Å². The van der Waals surface area contributed by atoms with Crippen LogP contribution in [0.2, 0.25) is 0 Å². The lowest BCUT2D eigenvalue weighted by Gasteiger charge is -2.12. The molecule has 84 valence electrons. The summed E-state index contributed by atoms with van der Waals surface area (Å²) in [5.74, 6) is 0.318. The lowest BCUT2D eigenvalue weighted by molar-refractivity contribution is 0.137. The number of rotatable bonds is 1. The van der Waals surface area contributed by atoms with Crippen molar-refractivity contribution < 1.29 is 4.74 Å². The molecule has 1 atom stereocenters. The number of hydrogen-bond acceptors (Lipinski definition) is 3. The molecule has 0 radical (unpaired) electrons. The van der Waals surface area contributed by atoms with Gasteiger partial charge in [-0.25, -0.2) is 0 Å². The van der Waals surface area contributed by atoms with E-state index in [0.717, 1.165) is 19.6 Å². The Labute approximate surface area is 106 Å². The monoisotopic (exact) mass is 298 g/mol. The Kier molecular flexibility index (Phi) is 2.83. The van der Waals surface area contributed by atoms with Crippen molar-refractivity contribution in [1.29, 1.82) is 0 Å². The van der Waals surface area contributed by atoms with Gasteiger partial charge in [0.2, 0.25) is 0 Å². The van der Waals surface area contributed by atoms with Gasteiger partial charge in [0, 0.05) is 23.4 Å². The molecule has 0 saturated heterocycles. The van der Waals surface area contributed by atoms with Gasteiger partial charge in [0.15, 0.2) is 0 Å². The molecule has 0 fully saturated rings. The van der Waals surface area contributed by atoms with Gasteiger partial charge >= 0.3 is 0 Å². The minimum Gasteiger partial charge on any atom is -0.380 e. The van der Waals surface area contributed by atoms with Gasteiger partial charge in [0.05, 0.1) is 23.2 Å². The molecule has 0 bridgehead atoms. The van der Waals surface area contributed by atoms with Crippen molar-refractivity contribution in [2.24, 2.45) is 0 Å². The Balaban J connectivity index is 2.05. The zero-order chi connectivity index (χ0) is 11.0. The van der Waals surface area contributed by atoms with Gasteiger partial charge in [-0.15, -0.1) is 11.3 Å². The standard InChI is InChI=1S/C11H11BrN2OS/c12-11-3-8-9(7-4-13-14-5-7)6-15-2-1-10(8)16-11/h3-5,9H,1-2,6H2,(H,13,14)/t9-/m1/s1. The zero-order valence-corrected chi connectivity index (χ0v) is 11.0. The van der Waals surface area contributed by atoms with Crippen LogP contribution in [0.5, 0.6) is 0 Å². The smallest absolute Gasteiger partial charge is 0.0704 e. The van der Waals surface area contributed by atoms with Gasteiger partial charge in [-0.3, -0.25) is 5.10 Å². The van der Waals surface area contributed by atoms with E-state index in [1.165, 1.54) is 19.8 Å². The van der Waals surface area contributed by atoms with Crippen LogP contribution < -0.4 is 0 Å². The first-order valence-corrected chi connectivity index (χ1v) is 6.80. The second-order valence-corrected chi connectivity index (χ2v) is 6.35. The molecule has 1 N–H and O–H groups in total. The Bertz CT molecular complexity index is 480. The SMILES string of the molecule is Brc1cc2c(s1)CCOC[C@@H]2c1cn[nH]c1. The number of ether oxygens (including phenoxy) is 1. The molecule has 3 nitrogen and oxygen atoms in total. The molecular weight excluding hydrogens is 288 g/mol. The fraction of sp³-hybridized carbons (Fsp3) is 0.364. The quantitative estimate of drug-likeness (QED) is 0.879. The lowest BCUT2D eigenvalue weighted by atomic mass is 9.95. The molecule has 5 heteroatoms. The van der Waals surface area contributed by atoms with Crippen molar-refractivity contribution in [1.82, 2.24) is 10.2 Å². The van der Waals surface area contributed by atoms with Gasteiger partial charge in [-0.2, -0.15) is 5.10 Å². The van der Waals surface area contributed by atoms with Crippen molar-refractivity contribution in [2.75, 3.05) is 13.2 Å². The van der Waals surface area contributed by atoms with E-state index in [0.29, 0.717) is 5.92 Å². The molecule has 0 spiro atoms. The molecule has 1 aliphatic rings. The molecular formula is C11H11BrN2OS. The Morgan fingerprint density at radius 3 is 3.31 bits per heavy atom. The van der Waals surface area contributed by atoms with Gasteiger partial charge in [0.25, 0.3) is 0 Å². The highest BCUT2D eigenvalue weighted by atomic mass is 79.9. The third-order valence-electron chi connectivity index (χ3n) is 2.87. The lowest BCUT2D eigenvalue weighted by Crippen LogP contribution is -2.06. The summed E-state index contributed by atoms with van der Waals surface area (Å²) in [6.07, 6.45) is 4.85. The first-order chi connectivity index (χ1) is 7.84. The van der Waals surface area contributed by atoms with E-state index in [1.54, 1.807) is 0 Å². The molecule has 16 heavy (non-hydrogen) atoms. The Morgan fingerprint density at radius 2 is 2.50 bits per heavy atom. The van der Waals surface area contributed by atoms with E-state index in [4.69, 9.17) is 4.74 Å². The number of thiophene rings is 1. The molecule has 0 amide bonds. The van der Waals surface area contributed by atoms with Crippen LogP contribution in [0.4, 0.5) is 0 Å². The number of hydrogen-bond donors (Lipinski definition) is 1. The van der Waals surface area contributed by atoms with E-state index < -0.39 is 0 Å². The van der Waals surface area contributed by atoms with Crippen molar-refractivity contribution in [3.8, 4) is 0 Å². The van der Waals surface area contributed by atoms with Crippen LogP contribution in [0.3, 0.4) is 0 Å². The summed E-state index contributed by atoms with van der Waals surface area (Å²) in [7, 11) is 0. The van der Waals surface area contributed by atoms with Gasteiger partial charge in [-0.1, -0.05) is 0 Å². The number of nitrogens with zero attached hydrogens (tertiary/aromatic N) is 1. The second-order valence-electron chi connectivity index (χ2n) is 3.84. The highest BCUT2D eigenvalue weighted by Gasteiger charge is 2.23. The molecule has 3 rings (SSSR count). The van der Waals surface area contributed by atoms with E-state index in [2.05, 4.69) is 32.2 Å². The normalized spacial score (nSPS) is 20.4. The van der Waals surface area contributed by atoms with E-state index in [1.807, 2.05) is 23.7 Å². The molecule has 3 heterocycles. The predicted molar refractivity (Wildman–Crippen MR) is 67.0 cm³/mol. The third-order valence-corrected chi connectivity index (χ3v) is 4.58. The van der Waals surface area contributed by atoms with Crippen molar-refractivity contribution in [2.45, 2.75) is 12.3 Å². The van der Waals surface area contributed by atoms with Crippen molar-refractivity contribution in [3.05, 3.63) is 38.3 Å². The largest absolute Gasteiger partial charge is 0.380 e. The number of H-pyrrole nitrogens is 1. The molecule has 0 aliphatic carbocycles. The van der Waals surface area contributed by atoms with Crippen LogP contribution in [0.1, 0.15) is 21.9 Å². The third kappa shape index (κ3) is 1.83. The fourth-order valence-electron chi connectivity index (χ4n) is 2.08. The highest BCUT2D eigenvalue weighted by molar-refractivity contribution is 9.11. The summed E-state index contributed by atoms with van der Waals surface area (Å²) in [6, 6.07) is 2.21. The van der Waals surface area contributed by atoms with Gasteiger partial charge < -0.3 is 4.74 Å². The van der Waals surface area contributed by atoms with Crippen LogP contribution in [0, 0.1) is 0 Å². The number of fused-ring (bicyclic) bond motifs is 1. The predicted octanol–water partition coefficient (Wildman–Crippen LogP) is 2.94. The second kappa shape index (κ2) is 4.31. The fourth-order valence-corrected chi connectivity index (χ4v) is 3.84. The summed E-state index contributed by atoms with van der Waals surface area (Å²) in [5.41, 5.74) is 2.59. The molecule has 1 aliphatic heterocycles. The molecule has 0 unspecified atom stereocenters. The van der Waals surface area contributed by atoms with Crippen LogP contribution >= 0.6 is 27.3 Å². The average Bonchev–Trinajstić information content (AvgIpc) is 2.86. The maximum Gasteiger partial charge on any atom is 0.0704 e. The van der Waals surface area contributed by atoms with Gasteiger partial charge in [0.1, 0.15) is 0 Å². The minimum absolute atomic E-state index is 0.318. The van der Waals surface area contributed by atoms with Crippen molar-refractivity contribution in [3.63, 3.8) is 0 Å². The summed E-state index contributed by atoms with van der Waals surface area (Å²) in [5, 5.41) is 6.89. The van der Waals surface area contributed by atoms with Crippen molar-refractivity contribution >= 4 is 27.3 Å². The van der Waals surface area contributed by atoms with Crippen LogP contribution in [-0.4, -0.2) is 23.4 Å². The molecule has 0 aromatic carbocycles. The molecule has 2 aromatic rings. The Hall–Kier alpha value is -0.650. The van der Waals surface area contributed by atoms with E-state index in [9.17, 15) is 0 Å². The summed E-state index contributed by atoms with van der Waals surface area (Å²) < 4.78 is 6.86. The van der Waals surface area contributed by atoms with Crippen LogP contribution in [0.15, 0.2) is 22.2 Å². The summed E-state index contributed by atoms with van der Waals surface area (Å²) in [6.45, 7) is 1.56. The number of nitrogens with one attached hydrogen (secondary N) is 1.